The van der Waals surface area contributed by atoms with Gasteiger partial charge < -0.3 is 5.32 Å². The molecule has 2 rings (SSSR count). The van der Waals surface area contributed by atoms with Crippen molar-refractivity contribution >= 4 is 40.7 Å². The van der Waals surface area contributed by atoms with Crippen LogP contribution in [0.2, 0.25) is 0 Å². The molecule has 1 aromatic carbocycles. The topological polar surface area (TPSA) is 32.3 Å². The number of carbonyl (C=O) groups is 1. The molecule has 1 atom stereocenters. The van der Waals surface area contributed by atoms with E-state index in [1.807, 2.05) is 38.3 Å². The lowest BCUT2D eigenvalue weighted by molar-refractivity contribution is -0.118. The van der Waals surface area contributed by atoms with Gasteiger partial charge in [0.1, 0.15) is 6.04 Å². The first-order valence-corrected chi connectivity index (χ1v) is 8.05. The van der Waals surface area contributed by atoms with Crippen molar-refractivity contribution in [2.24, 2.45) is 0 Å². The van der Waals surface area contributed by atoms with Crippen LogP contribution in [0.4, 0.5) is 5.69 Å². The summed E-state index contributed by atoms with van der Waals surface area (Å²) in [5, 5.41) is 3.65. The molecule has 0 aromatic heterocycles. The van der Waals surface area contributed by atoms with Crippen molar-refractivity contribution in [1.29, 1.82) is 0 Å². The van der Waals surface area contributed by atoms with Crippen molar-refractivity contribution in [1.82, 2.24) is 5.32 Å². The standard InChI is InChI=1S/C14H18N2OS2/c1-9-4-5-10(2)12(8-9)16-13(17)11(6-7-19-3)15-14(16)18/h4-5,8,11H,6-7H2,1-3H3,(H,15,18)/t11-/m1/s1. The van der Waals surface area contributed by atoms with E-state index in [0.717, 1.165) is 29.0 Å². The Bertz CT molecular complexity index is 516. The van der Waals surface area contributed by atoms with Gasteiger partial charge in [-0.15, -0.1) is 0 Å². The first-order chi connectivity index (χ1) is 9.04. The van der Waals surface area contributed by atoms with E-state index in [4.69, 9.17) is 12.2 Å². The molecule has 0 spiro atoms. The molecular weight excluding hydrogens is 276 g/mol. The minimum Gasteiger partial charge on any atom is -0.350 e. The number of aryl methyl sites for hydroxylation is 2. The number of anilines is 1. The molecule has 1 saturated heterocycles. The molecule has 19 heavy (non-hydrogen) atoms. The Morgan fingerprint density at radius 2 is 2.16 bits per heavy atom. The van der Waals surface area contributed by atoms with E-state index in [1.165, 1.54) is 0 Å². The quantitative estimate of drug-likeness (QED) is 0.865. The predicted molar refractivity (Wildman–Crippen MR) is 85.9 cm³/mol. The van der Waals surface area contributed by atoms with Crippen molar-refractivity contribution in [3.63, 3.8) is 0 Å². The maximum atomic E-state index is 12.5. The van der Waals surface area contributed by atoms with Gasteiger partial charge >= 0.3 is 0 Å². The lowest BCUT2D eigenvalue weighted by Gasteiger charge is -2.18. The first kappa shape index (κ1) is 14.3. The molecular formula is C14H18N2OS2. The number of rotatable bonds is 4. The molecule has 0 saturated carbocycles. The summed E-state index contributed by atoms with van der Waals surface area (Å²) >= 11 is 7.06. The second kappa shape index (κ2) is 5.92. The third-order valence-electron chi connectivity index (χ3n) is 3.24. The molecule has 0 unspecified atom stereocenters. The molecule has 0 aliphatic carbocycles. The van der Waals surface area contributed by atoms with E-state index >= 15 is 0 Å². The molecule has 0 radical (unpaired) electrons. The van der Waals surface area contributed by atoms with Crippen LogP contribution in [-0.4, -0.2) is 29.1 Å². The van der Waals surface area contributed by atoms with Crippen molar-refractivity contribution in [2.75, 3.05) is 16.9 Å². The van der Waals surface area contributed by atoms with Gasteiger partial charge in [0.15, 0.2) is 5.11 Å². The van der Waals surface area contributed by atoms with E-state index < -0.39 is 0 Å². The van der Waals surface area contributed by atoms with Crippen LogP contribution in [0.5, 0.6) is 0 Å². The van der Waals surface area contributed by atoms with Gasteiger partial charge in [0.05, 0.1) is 5.69 Å². The van der Waals surface area contributed by atoms with Crippen LogP contribution in [0.1, 0.15) is 17.5 Å². The molecule has 1 aliphatic rings. The zero-order valence-corrected chi connectivity index (χ0v) is 13.0. The molecule has 3 nitrogen and oxygen atoms in total. The van der Waals surface area contributed by atoms with Crippen LogP contribution in [-0.2, 0) is 4.79 Å². The SMILES string of the molecule is CSCC[C@H]1NC(=S)N(c2cc(C)ccc2C)C1=O. The Morgan fingerprint density at radius 3 is 2.84 bits per heavy atom. The van der Waals surface area contributed by atoms with Crippen molar-refractivity contribution < 1.29 is 4.79 Å². The zero-order valence-electron chi connectivity index (χ0n) is 11.4. The molecule has 102 valence electrons. The van der Waals surface area contributed by atoms with Gasteiger partial charge in [0.25, 0.3) is 5.91 Å². The van der Waals surface area contributed by atoms with Crippen LogP contribution >= 0.6 is 24.0 Å². The smallest absolute Gasteiger partial charge is 0.255 e. The van der Waals surface area contributed by atoms with Crippen LogP contribution in [0, 0.1) is 13.8 Å². The molecule has 0 bridgehead atoms. The Labute approximate surface area is 123 Å². The highest BCUT2D eigenvalue weighted by molar-refractivity contribution is 7.98. The van der Waals surface area contributed by atoms with E-state index in [-0.39, 0.29) is 11.9 Å². The minimum absolute atomic E-state index is 0.0627. The third-order valence-corrected chi connectivity index (χ3v) is 4.18. The van der Waals surface area contributed by atoms with Crippen molar-refractivity contribution in [3.8, 4) is 0 Å². The van der Waals surface area contributed by atoms with Crippen LogP contribution in [0.15, 0.2) is 18.2 Å². The van der Waals surface area contributed by atoms with Gasteiger partial charge in [-0.1, -0.05) is 12.1 Å². The first-order valence-electron chi connectivity index (χ1n) is 6.25. The Hall–Kier alpha value is -1.07. The van der Waals surface area contributed by atoms with E-state index in [1.54, 1.807) is 16.7 Å². The van der Waals surface area contributed by atoms with Gasteiger partial charge in [0, 0.05) is 0 Å². The van der Waals surface area contributed by atoms with E-state index in [9.17, 15) is 4.79 Å². The number of amides is 1. The van der Waals surface area contributed by atoms with E-state index in [0.29, 0.717) is 5.11 Å². The summed E-state index contributed by atoms with van der Waals surface area (Å²) in [4.78, 5) is 14.1. The average Bonchev–Trinajstić information content (AvgIpc) is 2.65. The fraction of sp³-hybridized carbons (Fsp3) is 0.429. The molecule has 1 fully saturated rings. The number of carbonyl (C=O) groups excluding carboxylic acids is 1. The highest BCUT2D eigenvalue weighted by Crippen LogP contribution is 2.26. The van der Waals surface area contributed by atoms with Gasteiger partial charge in [-0.05, 0) is 61.7 Å². The maximum Gasteiger partial charge on any atom is 0.255 e. The largest absolute Gasteiger partial charge is 0.350 e. The van der Waals surface area contributed by atoms with Crippen molar-refractivity contribution in [3.05, 3.63) is 29.3 Å². The molecule has 5 heteroatoms. The minimum atomic E-state index is -0.181. The molecule has 1 heterocycles. The Morgan fingerprint density at radius 1 is 1.42 bits per heavy atom. The summed E-state index contributed by atoms with van der Waals surface area (Å²) in [6.07, 6.45) is 2.85. The number of hydrogen-bond donors (Lipinski definition) is 1. The normalized spacial score (nSPS) is 18.9. The number of thiocarbonyl (C=S) groups is 1. The molecule has 1 N–H and O–H groups in total. The molecule has 1 aliphatic heterocycles. The summed E-state index contributed by atoms with van der Waals surface area (Å²) in [7, 11) is 0. The number of benzene rings is 1. The molecule has 1 aromatic rings. The third kappa shape index (κ3) is 2.92. The number of hydrogen-bond acceptors (Lipinski definition) is 3. The second-order valence-electron chi connectivity index (χ2n) is 4.75. The van der Waals surface area contributed by atoms with Crippen molar-refractivity contribution in [2.45, 2.75) is 26.3 Å². The zero-order chi connectivity index (χ0) is 14.0. The van der Waals surface area contributed by atoms with Gasteiger partial charge in [-0.3, -0.25) is 9.69 Å². The second-order valence-corrected chi connectivity index (χ2v) is 6.12. The maximum absolute atomic E-state index is 12.5. The fourth-order valence-electron chi connectivity index (χ4n) is 2.15. The van der Waals surface area contributed by atoms with Gasteiger partial charge in [-0.2, -0.15) is 11.8 Å². The lowest BCUT2D eigenvalue weighted by atomic mass is 10.1. The molecule has 1 amide bonds. The number of nitrogens with zero attached hydrogens (tertiary/aromatic N) is 1. The summed E-state index contributed by atoms with van der Waals surface area (Å²) in [5.41, 5.74) is 3.09. The van der Waals surface area contributed by atoms with Gasteiger partial charge in [0.2, 0.25) is 0 Å². The Balaban J connectivity index is 2.27. The summed E-state index contributed by atoms with van der Waals surface area (Å²) in [6.45, 7) is 4.02. The summed E-state index contributed by atoms with van der Waals surface area (Å²) < 4.78 is 0. The lowest BCUT2D eigenvalue weighted by Crippen LogP contribution is -2.32. The number of nitrogens with one attached hydrogen (secondary N) is 1. The fourth-order valence-corrected chi connectivity index (χ4v) is 2.95. The monoisotopic (exact) mass is 294 g/mol. The highest BCUT2D eigenvalue weighted by atomic mass is 32.2. The highest BCUT2D eigenvalue weighted by Gasteiger charge is 2.36. The van der Waals surface area contributed by atoms with Crippen LogP contribution in [0.25, 0.3) is 0 Å². The number of thioether (sulfide) groups is 1. The van der Waals surface area contributed by atoms with Crippen LogP contribution < -0.4 is 10.2 Å². The summed E-state index contributed by atoms with van der Waals surface area (Å²) in [5.74, 6) is 1.01. The van der Waals surface area contributed by atoms with Gasteiger partial charge in [-0.25, -0.2) is 0 Å². The van der Waals surface area contributed by atoms with E-state index in [2.05, 4.69) is 5.32 Å². The predicted octanol–water partition coefficient (Wildman–Crippen LogP) is 2.65. The van der Waals surface area contributed by atoms with Crippen LogP contribution in [0.3, 0.4) is 0 Å². The summed E-state index contributed by atoms with van der Waals surface area (Å²) in [6, 6.07) is 5.90. The average molecular weight is 294 g/mol. The Kier molecular flexibility index (Phi) is 4.47.